The van der Waals surface area contributed by atoms with Crippen molar-refractivity contribution in [1.82, 2.24) is 14.6 Å². The third-order valence-electron chi connectivity index (χ3n) is 3.95. The maximum Gasteiger partial charge on any atom is 0.259 e. The molecule has 0 unspecified atom stereocenters. The number of hydrogen-bond donors (Lipinski definition) is 3. The molecule has 9 nitrogen and oxygen atoms in total. The summed E-state index contributed by atoms with van der Waals surface area (Å²) in [6.07, 6.45) is 1.21. The molecule has 1 aromatic rings. The number of methoxy groups -OCH3 is 1. The normalized spacial score (nSPS) is 24.7. The molecule has 0 aromatic carbocycles. The molecule has 0 aliphatic carbocycles. The summed E-state index contributed by atoms with van der Waals surface area (Å²) in [5.41, 5.74) is -1.37. The largest absolute Gasteiger partial charge is 0.480 e. The van der Waals surface area contributed by atoms with Crippen molar-refractivity contribution in [2.24, 2.45) is 0 Å². The zero-order valence-corrected chi connectivity index (χ0v) is 14.3. The fourth-order valence-corrected chi connectivity index (χ4v) is 3.01. The molecule has 10 heteroatoms. The molecule has 0 radical (unpaired) electrons. The smallest absolute Gasteiger partial charge is 0.259 e. The quantitative estimate of drug-likeness (QED) is 0.588. The number of β-amino-alcohol motifs (C(OH)–C–C–N with tert-alkyl or cyclic N) is 1. The van der Waals surface area contributed by atoms with Crippen LogP contribution in [-0.4, -0.2) is 79.1 Å². The molecule has 1 amide bonds. The van der Waals surface area contributed by atoms with Crippen LogP contribution >= 0.6 is 0 Å². The molecule has 0 spiro atoms. The SMILES string of the molecule is COc1ncccc1C(=O)N1CC[C@@](O)(CNS(C)(=O)=O)[C@H](O)C1. The van der Waals surface area contributed by atoms with E-state index in [1.807, 2.05) is 0 Å². The van der Waals surface area contributed by atoms with Gasteiger partial charge in [0.15, 0.2) is 0 Å². The number of nitrogens with zero attached hydrogens (tertiary/aromatic N) is 2. The Kier molecular flexibility index (Phi) is 5.43. The van der Waals surface area contributed by atoms with Gasteiger partial charge in [0.25, 0.3) is 5.91 Å². The number of likely N-dealkylation sites (tertiary alicyclic amines) is 1. The molecule has 1 aliphatic heterocycles. The number of amides is 1. The van der Waals surface area contributed by atoms with Gasteiger partial charge in [-0.15, -0.1) is 0 Å². The maximum atomic E-state index is 12.6. The van der Waals surface area contributed by atoms with Crippen LogP contribution in [0.15, 0.2) is 18.3 Å². The van der Waals surface area contributed by atoms with Crippen molar-refractivity contribution in [3.8, 4) is 5.88 Å². The van der Waals surface area contributed by atoms with Crippen molar-refractivity contribution in [2.45, 2.75) is 18.1 Å². The van der Waals surface area contributed by atoms with E-state index in [-0.39, 0.29) is 43.4 Å². The number of aliphatic hydroxyl groups is 2. The van der Waals surface area contributed by atoms with Gasteiger partial charge >= 0.3 is 0 Å². The number of rotatable bonds is 5. The highest BCUT2D eigenvalue weighted by molar-refractivity contribution is 7.88. The molecule has 0 saturated carbocycles. The Morgan fingerprint density at radius 2 is 2.29 bits per heavy atom. The van der Waals surface area contributed by atoms with Crippen LogP contribution in [0.5, 0.6) is 5.88 Å². The number of sulfonamides is 1. The predicted octanol–water partition coefficient (Wildman–Crippen LogP) is -1.42. The molecule has 2 heterocycles. The number of nitrogens with one attached hydrogen (secondary N) is 1. The summed E-state index contributed by atoms with van der Waals surface area (Å²) in [4.78, 5) is 17.9. The van der Waals surface area contributed by atoms with E-state index >= 15 is 0 Å². The van der Waals surface area contributed by atoms with E-state index in [4.69, 9.17) is 4.74 Å². The summed E-state index contributed by atoms with van der Waals surface area (Å²) in [5, 5.41) is 20.6. The van der Waals surface area contributed by atoms with Crippen LogP contribution < -0.4 is 9.46 Å². The number of carbonyl (C=O) groups excluding carboxylic acids is 1. The van der Waals surface area contributed by atoms with E-state index in [0.717, 1.165) is 6.26 Å². The molecular weight excluding hydrogens is 338 g/mol. The van der Waals surface area contributed by atoms with Crippen molar-refractivity contribution in [1.29, 1.82) is 0 Å². The Balaban J connectivity index is 2.08. The van der Waals surface area contributed by atoms with Crippen LogP contribution in [0.3, 0.4) is 0 Å². The summed E-state index contributed by atoms with van der Waals surface area (Å²) in [6.45, 7) is -0.278. The lowest BCUT2D eigenvalue weighted by Crippen LogP contribution is -2.61. The fourth-order valence-electron chi connectivity index (χ4n) is 2.50. The fraction of sp³-hybridized carbons (Fsp3) is 0.571. The van der Waals surface area contributed by atoms with E-state index in [2.05, 4.69) is 9.71 Å². The molecule has 1 saturated heterocycles. The third-order valence-corrected chi connectivity index (χ3v) is 4.62. The summed E-state index contributed by atoms with van der Waals surface area (Å²) in [5.74, 6) is -0.200. The second-order valence-corrected chi connectivity index (χ2v) is 7.61. The number of aliphatic hydroxyl groups excluding tert-OH is 1. The number of aromatic nitrogens is 1. The average molecular weight is 359 g/mol. The second kappa shape index (κ2) is 7.01. The van der Waals surface area contributed by atoms with E-state index < -0.39 is 21.7 Å². The summed E-state index contributed by atoms with van der Waals surface area (Å²) in [6, 6.07) is 3.16. The van der Waals surface area contributed by atoms with E-state index in [1.54, 1.807) is 12.1 Å². The van der Waals surface area contributed by atoms with Gasteiger partial charge in [-0.05, 0) is 18.6 Å². The van der Waals surface area contributed by atoms with Crippen LogP contribution in [0.2, 0.25) is 0 Å². The Labute approximate surface area is 140 Å². The minimum Gasteiger partial charge on any atom is -0.480 e. The predicted molar refractivity (Wildman–Crippen MR) is 85.1 cm³/mol. The van der Waals surface area contributed by atoms with E-state index in [0.29, 0.717) is 0 Å². The Morgan fingerprint density at radius 3 is 2.88 bits per heavy atom. The monoisotopic (exact) mass is 359 g/mol. The second-order valence-electron chi connectivity index (χ2n) is 5.77. The third kappa shape index (κ3) is 4.20. The van der Waals surface area contributed by atoms with Gasteiger partial charge in [-0.1, -0.05) is 0 Å². The van der Waals surface area contributed by atoms with Gasteiger partial charge in [-0.3, -0.25) is 4.79 Å². The van der Waals surface area contributed by atoms with Gasteiger partial charge < -0.3 is 19.8 Å². The molecule has 24 heavy (non-hydrogen) atoms. The molecule has 2 rings (SSSR count). The zero-order chi connectivity index (χ0) is 18.0. The lowest BCUT2D eigenvalue weighted by atomic mass is 9.88. The van der Waals surface area contributed by atoms with Crippen LogP contribution in [0, 0.1) is 0 Å². The Morgan fingerprint density at radius 1 is 1.58 bits per heavy atom. The number of carbonyl (C=O) groups is 1. The van der Waals surface area contributed by atoms with Crippen molar-refractivity contribution in [3.05, 3.63) is 23.9 Å². The molecule has 2 atom stereocenters. The number of pyridine rings is 1. The maximum absolute atomic E-state index is 12.6. The molecule has 1 aliphatic rings. The molecular formula is C14H21N3O6S. The summed E-state index contributed by atoms with van der Waals surface area (Å²) >= 11 is 0. The van der Waals surface area contributed by atoms with Crippen LogP contribution in [0.25, 0.3) is 0 Å². The lowest BCUT2D eigenvalue weighted by Gasteiger charge is -2.42. The van der Waals surface area contributed by atoms with Crippen molar-refractivity contribution in [2.75, 3.05) is 33.0 Å². The van der Waals surface area contributed by atoms with Crippen molar-refractivity contribution >= 4 is 15.9 Å². The first-order valence-corrected chi connectivity index (χ1v) is 9.19. The highest BCUT2D eigenvalue weighted by Crippen LogP contribution is 2.25. The van der Waals surface area contributed by atoms with Crippen LogP contribution in [0.1, 0.15) is 16.8 Å². The molecule has 0 bridgehead atoms. The minimum atomic E-state index is -3.49. The van der Waals surface area contributed by atoms with Gasteiger partial charge in [0, 0.05) is 25.8 Å². The first-order valence-electron chi connectivity index (χ1n) is 7.29. The van der Waals surface area contributed by atoms with Gasteiger partial charge in [0.1, 0.15) is 17.3 Å². The molecule has 1 aromatic heterocycles. The number of hydrogen-bond acceptors (Lipinski definition) is 7. The van der Waals surface area contributed by atoms with Gasteiger partial charge in [0.2, 0.25) is 15.9 Å². The highest BCUT2D eigenvalue weighted by atomic mass is 32.2. The minimum absolute atomic E-state index is 0.0327. The first kappa shape index (κ1) is 18.6. The van der Waals surface area contributed by atoms with E-state index in [1.165, 1.54) is 18.2 Å². The lowest BCUT2D eigenvalue weighted by molar-refractivity contribution is -0.107. The Bertz CT molecular complexity index is 710. The molecule has 1 fully saturated rings. The topological polar surface area (TPSA) is 129 Å². The van der Waals surface area contributed by atoms with Crippen molar-refractivity contribution < 1.29 is 28.2 Å². The van der Waals surface area contributed by atoms with Crippen molar-refractivity contribution in [3.63, 3.8) is 0 Å². The number of ether oxygens (including phenoxy) is 1. The Hall–Kier alpha value is -1.75. The van der Waals surface area contributed by atoms with Gasteiger partial charge in [0.05, 0.1) is 13.4 Å². The summed E-state index contributed by atoms with van der Waals surface area (Å²) < 4.78 is 29.6. The zero-order valence-electron chi connectivity index (χ0n) is 13.5. The van der Waals surface area contributed by atoms with E-state index in [9.17, 15) is 23.4 Å². The molecule has 3 N–H and O–H groups in total. The highest BCUT2D eigenvalue weighted by Gasteiger charge is 2.42. The van der Waals surface area contributed by atoms with Crippen LogP contribution in [0.4, 0.5) is 0 Å². The summed E-state index contributed by atoms with van der Waals surface area (Å²) in [7, 11) is -2.09. The van der Waals surface area contributed by atoms with Gasteiger partial charge in [-0.2, -0.15) is 0 Å². The van der Waals surface area contributed by atoms with Gasteiger partial charge in [-0.25, -0.2) is 18.1 Å². The van der Waals surface area contributed by atoms with Crippen LogP contribution in [-0.2, 0) is 10.0 Å². The molecule has 134 valence electrons. The standard InChI is InChI=1S/C14H21N3O6S/c1-23-12-10(4-3-6-15-12)13(19)17-7-5-14(20,11(18)8-17)9-16-24(2,21)22/h3-4,6,11,16,18,20H,5,7-9H2,1-2H3/t11-,14-/m1/s1. The first-order chi connectivity index (χ1) is 11.2. The average Bonchev–Trinajstić information content (AvgIpc) is 2.54. The number of piperidine rings is 1.